The molecule has 4 heteroatoms. The summed E-state index contributed by atoms with van der Waals surface area (Å²) in [7, 11) is 0. The van der Waals surface area contributed by atoms with Crippen LogP contribution >= 0.6 is 11.9 Å². The first kappa shape index (κ1) is 6.35. The minimum atomic E-state index is 0.442. The van der Waals surface area contributed by atoms with Crippen LogP contribution in [0.1, 0.15) is 0 Å². The van der Waals surface area contributed by atoms with E-state index in [1.165, 1.54) is 0 Å². The van der Waals surface area contributed by atoms with Gasteiger partial charge in [0.25, 0.3) is 0 Å². The Kier molecular flexibility index (Phi) is 2.62. The van der Waals surface area contributed by atoms with E-state index in [2.05, 4.69) is 0 Å². The van der Waals surface area contributed by atoms with Crippen LogP contribution in [0.4, 0.5) is 0 Å². The molecule has 1 heterocycles. The summed E-state index contributed by atoms with van der Waals surface area (Å²) in [4.78, 5) is 0. The Labute approximate surface area is 53.1 Å². The van der Waals surface area contributed by atoms with Gasteiger partial charge in [0, 0.05) is 0 Å². The molecule has 0 radical (unpaired) electrons. The third-order valence-electron chi connectivity index (χ3n) is 0.895. The molecule has 0 aromatic carbocycles. The maximum atomic E-state index is 4.96. The Morgan fingerprint density at radius 3 is 2.38 bits per heavy atom. The predicted octanol–water partition coefficient (Wildman–Crippen LogP) is 0.486. The number of ether oxygens (including phenoxy) is 2. The molecule has 0 aromatic heterocycles. The molecule has 0 aliphatic carbocycles. The smallest absolute Gasteiger partial charge is 0.150 e. The molecule has 0 N–H and O–H groups in total. The normalized spacial score (nSPS) is 23.6. The summed E-state index contributed by atoms with van der Waals surface area (Å²) in [6.07, 6.45) is 2.00. The predicted molar refractivity (Wildman–Crippen MR) is 32.1 cm³/mol. The molecule has 0 aromatic rings. The number of hydrogen-bond donors (Lipinski definition) is 0. The van der Waals surface area contributed by atoms with Crippen molar-refractivity contribution >= 4 is 11.9 Å². The highest BCUT2D eigenvalue weighted by Crippen LogP contribution is 2.07. The molecule has 48 valence electrons. The highest BCUT2D eigenvalue weighted by atomic mass is 32.2. The van der Waals surface area contributed by atoms with Crippen LogP contribution in [0.2, 0.25) is 0 Å². The van der Waals surface area contributed by atoms with Crippen molar-refractivity contribution in [1.82, 2.24) is 4.31 Å². The molecule has 0 spiro atoms. The van der Waals surface area contributed by atoms with E-state index < -0.39 is 0 Å². The van der Waals surface area contributed by atoms with E-state index in [9.17, 15) is 0 Å². The topological polar surface area (TPSA) is 21.7 Å². The maximum Gasteiger partial charge on any atom is 0.150 e. The molecule has 1 aliphatic rings. The van der Waals surface area contributed by atoms with Gasteiger partial charge in [-0.05, 0) is 6.26 Å². The lowest BCUT2D eigenvalue weighted by molar-refractivity contribution is -0.150. The lowest BCUT2D eigenvalue weighted by atomic mass is 11.0. The SMILES string of the molecule is CSN1COCOC1. The van der Waals surface area contributed by atoms with Gasteiger partial charge < -0.3 is 9.47 Å². The van der Waals surface area contributed by atoms with Crippen molar-refractivity contribution in [2.75, 3.05) is 26.5 Å². The van der Waals surface area contributed by atoms with Crippen molar-refractivity contribution in [3.8, 4) is 0 Å². The summed E-state index contributed by atoms with van der Waals surface area (Å²) >= 11 is 1.63. The van der Waals surface area contributed by atoms with Crippen molar-refractivity contribution in [3.05, 3.63) is 0 Å². The third kappa shape index (κ3) is 1.63. The lowest BCUT2D eigenvalue weighted by Crippen LogP contribution is -2.28. The number of rotatable bonds is 1. The summed E-state index contributed by atoms with van der Waals surface area (Å²) in [6, 6.07) is 0. The highest BCUT2D eigenvalue weighted by Gasteiger charge is 2.06. The summed E-state index contributed by atoms with van der Waals surface area (Å²) < 4.78 is 11.9. The number of nitrogens with zero attached hydrogens (tertiary/aromatic N) is 1. The van der Waals surface area contributed by atoms with E-state index >= 15 is 0 Å². The standard InChI is InChI=1S/C4H9NO2S/c1-8-5-2-6-4-7-3-5/h2-4H2,1H3. The van der Waals surface area contributed by atoms with Crippen LogP contribution in [0.5, 0.6) is 0 Å². The fourth-order valence-electron chi connectivity index (χ4n) is 0.480. The summed E-state index contributed by atoms with van der Waals surface area (Å²) in [6.45, 7) is 1.80. The molecule has 0 unspecified atom stereocenters. The zero-order chi connectivity index (χ0) is 5.82. The van der Waals surface area contributed by atoms with Crippen molar-refractivity contribution in [3.63, 3.8) is 0 Å². The average Bonchev–Trinajstić information content (AvgIpc) is 1.90. The molecule has 0 atom stereocenters. The van der Waals surface area contributed by atoms with Crippen molar-refractivity contribution in [2.45, 2.75) is 0 Å². The fraction of sp³-hybridized carbons (Fsp3) is 1.00. The molecule has 0 saturated carbocycles. The van der Waals surface area contributed by atoms with E-state index in [1.807, 2.05) is 10.6 Å². The van der Waals surface area contributed by atoms with Crippen LogP contribution in [-0.4, -0.2) is 30.8 Å². The second-order valence-electron chi connectivity index (χ2n) is 1.45. The maximum absolute atomic E-state index is 4.96. The molecule has 0 bridgehead atoms. The van der Waals surface area contributed by atoms with Gasteiger partial charge in [0.2, 0.25) is 0 Å². The zero-order valence-corrected chi connectivity index (χ0v) is 5.61. The second kappa shape index (κ2) is 3.29. The van der Waals surface area contributed by atoms with Crippen molar-refractivity contribution in [1.29, 1.82) is 0 Å². The van der Waals surface area contributed by atoms with Crippen LogP contribution in [0.3, 0.4) is 0 Å². The molecule has 8 heavy (non-hydrogen) atoms. The molecule has 1 fully saturated rings. The number of hydrogen-bond acceptors (Lipinski definition) is 4. The van der Waals surface area contributed by atoms with Crippen LogP contribution in [-0.2, 0) is 9.47 Å². The Hall–Kier alpha value is 0.230. The van der Waals surface area contributed by atoms with E-state index in [4.69, 9.17) is 9.47 Å². The average molecular weight is 135 g/mol. The Bertz CT molecular complexity index is 65.1. The first-order valence-corrected chi connectivity index (χ1v) is 3.56. The molecule has 1 aliphatic heterocycles. The fourth-order valence-corrected chi connectivity index (χ4v) is 0.840. The second-order valence-corrected chi connectivity index (χ2v) is 2.33. The summed E-state index contributed by atoms with van der Waals surface area (Å²) in [5.41, 5.74) is 0. The van der Waals surface area contributed by atoms with Gasteiger partial charge in [-0.2, -0.15) is 0 Å². The first-order chi connectivity index (χ1) is 3.93. The highest BCUT2D eigenvalue weighted by molar-refractivity contribution is 7.96. The lowest BCUT2D eigenvalue weighted by Gasteiger charge is -2.23. The summed E-state index contributed by atoms with van der Waals surface area (Å²) in [5, 5.41) is 0. The van der Waals surface area contributed by atoms with E-state index in [-0.39, 0.29) is 0 Å². The van der Waals surface area contributed by atoms with E-state index in [1.54, 1.807) is 11.9 Å². The van der Waals surface area contributed by atoms with Gasteiger partial charge in [0.15, 0.2) is 0 Å². The molecular formula is C4H9NO2S. The Balaban J connectivity index is 2.13. The molecule has 1 saturated heterocycles. The third-order valence-corrected chi connectivity index (χ3v) is 1.62. The van der Waals surface area contributed by atoms with Crippen LogP contribution < -0.4 is 0 Å². The van der Waals surface area contributed by atoms with Gasteiger partial charge in [-0.25, -0.2) is 4.31 Å². The molecule has 1 rings (SSSR count). The van der Waals surface area contributed by atoms with Gasteiger partial charge in [-0.1, -0.05) is 11.9 Å². The Morgan fingerprint density at radius 2 is 2.00 bits per heavy atom. The van der Waals surface area contributed by atoms with Crippen molar-refractivity contribution < 1.29 is 9.47 Å². The molecular weight excluding hydrogens is 126 g/mol. The van der Waals surface area contributed by atoms with Crippen molar-refractivity contribution in [2.24, 2.45) is 0 Å². The minimum absolute atomic E-state index is 0.442. The van der Waals surface area contributed by atoms with Crippen LogP contribution in [0, 0.1) is 0 Å². The monoisotopic (exact) mass is 135 g/mol. The quantitative estimate of drug-likeness (QED) is 0.488. The van der Waals surface area contributed by atoms with Gasteiger partial charge in [-0.15, -0.1) is 0 Å². The van der Waals surface area contributed by atoms with Crippen LogP contribution in [0.25, 0.3) is 0 Å². The molecule has 3 nitrogen and oxygen atoms in total. The van der Waals surface area contributed by atoms with Crippen LogP contribution in [0.15, 0.2) is 0 Å². The van der Waals surface area contributed by atoms with Gasteiger partial charge in [0.1, 0.15) is 20.3 Å². The van der Waals surface area contributed by atoms with Gasteiger partial charge in [0.05, 0.1) is 0 Å². The van der Waals surface area contributed by atoms with Gasteiger partial charge in [-0.3, -0.25) is 0 Å². The Morgan fingerprint density at radius 1 is 1.38 bits per heavy atom. The van der Waals surface area contributed by atoms with E-state index in [0.717, 1.165) is 0 Å². The van der Waals surface area contributed by atoms with E-state index in [0.29, 0.717) is 20.3 Å². The summed E-state index contributed by atoms with van der Waals surface area (Å²) in [5.74, 6) is 0. The largest absolute Gasteiger partial charge is 0.339 e. The zero-order valence-electron chi connectivity index (χ0n) is 4.79. The van der Waals surface area contributed by atoms with Gasteiger partial charge >= 0.3 is 0 Å². The molecule has 0 amide bonds. The minimum Gasteiger partial charge on any atom is -0.339 e. The first-order valence-electron chi connectivity index (χ1n) is 2.38.